The number of rotatable bonds is 5. The molecular formula is C19H20ClN3O4. The molecule has 0 unspecified atom stereocenters. The van der Waals surface area contributed by atoms with Crippen molar-refractivity contribution in [1.82, 2.24) is 5.43 Å². The highest BCUT2D eigenvalue weighted by atomic mass is 35.5. The number of phenols is 1. The van der Waals surface area contributed by atoms with Crippen LogP contribution in [0.2, 0.25) is 5.02 Å². The Bertz CT molecular complexity index is 877. The van der Waals surface area contributed by atoms with Crippen molar-refractivity contribution in [1.29, 1.82) is 0 Å². The van der Waals surface area contributed by atoms with Crippen LogP contribution in [-0.2, 0) is 9.59 Å². The van der Waals surface area contributed by atoms with Gasteiger partial charge in [-0.1, -0.05) is 29.8 Å². The molecule has 3 N–H and O–H groups in total. The average Bonchev–Trinajstić information content (AvgIpc) is 2.62. The lowest BCUT2D eigenvalue weighted by Gasteiger charge is -2.10. The Morgan fingerprint density at radius 2 is 1.89 bits per heavy atom. The minimum absolute atomic E-state index is 0.0847. The highest BCUT2D eigenvalue weighted by Crippen LogP contribution is 2.34. The molecule has 0 aliphatic heterocycles. The molecule has 2 aromatic carbocycles. The smallest absolute Gasteiger partial charge is 0.329 e. The Hall–Kier alpha value is -3.06. The number of carbonyl (C=O) groups is 2. The van der Waals surface area contributed by atoms with Crippen LogP contribution in [-0.4, -0.2) is 29.7 Å². The second-order valence-corrected chi connectivity index (χ2v) is 6.11. The standard InChI is InChI=1S/C19H20ClN3O4/c1-4-27-15-9-13(8-14(20)17(15)24)10-21-23-19(26)18(25)22-16-11(2)6-5-7-12(16)3/h5-10,24H,4H2,1-3H3,(H,22,25)(H,23,26)/b21-10-. The lowest BCUT2D eigenvalue weighted by atomic mass is 10.1. The molecule has 0 saturated carbocycles. The van der Waals surface area contributed by atoms with E-state index in [1.165, 1.54) is 18.3 Å². The van der Waals surface area contributed by atoms with E-state index in [4.69, 9.17) is 16.3 Å². The molecule has 7 nitrogen and oxygen atoms in total. The van der Waals surface area contributed by atoms with Crippen LogP contribution < -0.4 is 15.5 Å². The fourth-order valence-electron chi connectivity index (χ4n) is 2.33. The zero-order chi connectivity index (χ0) is 20.0. The van der Waals surface area contributed by atoms with Gasteiger partial charge in [-0.2, -0.15) is 5.10 Å². The largest absolute Gasteiger partial charge is 0.503 e. The number of aryl methyl sites for hydroxylation is 2. The van der Waals surface area contributed by atoms with Gasteiger partial charge in [0.2, 0.25) is 0 Å². The first-order valence-corrected chi connectivity index (χ1v) is 8.57. The van der Waals surface area contributed by atoms with E-state index in [-0.39, 0.29) is 16.5 Å². The SMILES string of the molecule is CCOc1cc(/C=N\NC(=O)C(=O)Nc2c(C)cccc2C)cc(Cl)c1O. The van der Waals surface area contributed by atoms with Crippen LogP contribution in [0.15, 0.2) is 35.4 Å². The van der Waals surface area contributed by atoms with Gasteiger partial charge < -0.3 is 15.2 Å². The Morgan fingerprint density at radius 1 is 1.22 bits per heavy atom. The molecule has 0 radical (unpaired) electrons. The summed E-state index contributed by atoms with van der Waals surface area (Å²) in [5, 5.41) is 16.2. The fourth-order valence-corrected chi connectivity index (χ4v) is 2.55. The van der Waals surface area contributed by atoms with E-state index < -0.39 is 11.8 Å². The van der Waals surface area contributed by atoms with Gasteiger partial charge in [-0.05, 0) is 49.6 Å². The molecule has 0 heterocycles. The first kappa shape index (κ1) is 20.3. The minimum Gasteiger partial charge on any atom is -0.503 e. The molecule has 0 aromatic heterocycles. The van der Waals surface area contributed by atoms with Crippen molar-refractivity contribution >= 4 is 35.3 Å². The zero-order valence-electron chi connectivity index (χ0n) is 15.2. The highest BCUT2D eigenvalue weighted by Gasteiger charge is 2.15. The van der Waals surface area contributed by atoms with Gasteiger partial charge >= 0.3 is 11.8 Å². The number of hydrazone groups is 1. The summed E-state index contributed by atoms with van der Waals surface area (Å²) >= 11 is 5.92. The molecule has 142 valence electrons. The molecule has 0 atom stereocenters. The van der Waals surface area contributed by atoms with Crippen molar-refractivity contribution < 1.29 is 19.4 Å². The normalized spacial score (nSPS) is 10.7. The predicted octanol–water partition coefficient (Wildman–Crippen LogP) is 3.15. The van der Waals surface area contributed by atoms with Gasteiger partial charge in [-0.25, -0.2) is 5.43 Å². The molecular weight excluding hydrogens is 370 g/mol. The van der Waals surface area contributed by atoms with E-state index in [2.05, 4.69) is 15.8 Å². The number of halogens is 1. The third kappa shape index (κ3) is 5.21. The van der Waals surface area contributed by atoms with E-state index in [0.717, 1.165) is 11.1 Å². The van der Waals surface area contributed by atoms with Crippen molar-refractivity contribution in [3.63, 3.8) is 0 Å². The van der Waals surface area contributed by atoms with Crippen molar-refractivity contribution in [2.45, 2.75) is 20.8 Å². The summed E-state index contributed by atoms with van der Waals surface area (Å²) in [5.74, 6) is -1.72. The molecule has 27 heavy (non-hydrogen) atoms. The third-order valence-electron chi connectivity index (χ3n) is 3.66. The van der Waals surface area contributed by atoms with Crippen LogP contribution in [0.4, 0.5) is 5.69 Å². The molecule has 0 aliphatic carbocycles. The Kier molecular flexibility index (Phi) is 6.79. The summed E-state index contributed by atoms with van der Waals surface area (Å²) < 4.78 is 5.26. The molecule has 0 aliphatic rings. The minimum atomic E-state index is -0.913. The number of amides is 2. The molecule has 8 heteroatoms. The van der Waals surface area contributed by atoms with Crippen molar-refractivity contribution in [2.75, 3.05) is 11.9 Å². The van der Waals surface area contributed by atoms with Gasteiger partial charge in [-0.15, -0.1) is 0 Å². The Balaban J connectivity index is 2.03. The average molecular weight is 390 g/mol. The lowest BCUT2D eigenvalue weighted by Crippen LogP contribution is -2.32. The number of aromatic hydroxyl groups is 1. The van der Waals surface area contributed by atoms with Gasteiger partial charge in [0.05, 0.1) is 17.8 Å². The molecule has 0 fully saturated rings. The summed E-state index contributed by atoms with van der Waals surface area (Å²) in [7, 11) is 0. The monoisotopic (exact) mass is 389 g/mol. The summed E-state index contributed by atoms with van der Waals surface area (Å²) in [6, 6.07) is 8.50. The summed E-state index contributed by atoms with van der Waals surface area (Å²) in [4.78, 5) is 23.9. The number of benzene rings is 2. The van der Waals surface area contributed by atoms with Crippen LogP contribution in [0.3, 0.4) is 0 Å². The van der Waals surface area contributed by atoms with Crippen LogP contribution in [0.1, 0.15) is 23.6 Å². The second kappa shape index (κ2) is 9.05. The van der Waals surface area contributed by atoms with Crippen molar-refractivity contribution in [3.8, 4) is 11.5 Å². The zero-order valence-corrected chi connectivity index (χ0v) is 15.9. The molecule has 0 saturated heterocycles. The first-order valence-electron chi connectivity index (χ1n) is 8.19. The number of nitrogens with zero attached hydrogens (tertiary/aromatic N) is 1. The maximum absolute atomic E-state index is 12.0. The molecule has 2 rings (SSSR count). The third-order valence-corrected chi connectivity index (χ3v) is 3.94. The quantitative estimate of drug-likeness (QED) is 0.415. The molecule has 0 spiro atoms. The number of phenolic OH excluding ortho intramolecular Hbond substituents is 1. The van der Waals surface area contributed by atoms with Crippen LogP contribution in [0.5, 0.6) is 11.5 Å². The van der Waals surface area contributed by atoms with Gasteiger partial charge in [0.1, 0.15) is 0 Å². The summed E-state index contributed by atoms with van der Waals surface area (Å²) in [6.07, 6.45) is 1.29. The van der Waals surface area contributed by atoms with Gasteiger partial charge in [-0.3, -0.25) is 9.59 Å². The van der Waals surface area contributed by atoms with Crippen LogP contribution >= 0.6 is 11.6 Å². The topological polar surface area (TPSA) is 100 Å². The number of carbonyl (C=O) groups excluding carboxylic acids is 2. The number of ether oxygens (including phenoxy) is 1. The fraction of sp³-hybridized carbons (Fsp3) is 0.211. The molecule has 0 bridgehead atoms. The molecule has 2 amide bonds. The van der Waals surface area contributed by atoms with Gasteiger partial charge in [0.25, 0.3) is 0 Å². The summed E-state index contributed by atoms with van der Waals surface area (Å²) in [5.41, 5.74) is 4.92. The van der Waals surface area contributed by atoms with Crippen molar-refractivity contribution in [2.24, 2.45) is 5.10 Å². The van der Waals surface area contributed by atoms with E-state index in [1.807, 2.05) is 32.0 Å². The Labute approximate surface area is 162 Å². The number of nitrogens with one attached hydrogen (secondary N) is 2. The van der Waals surface area contributed by atoms with E-state index in [0.29, 0.717) is 17.9 Å². The highest BCUT2D eigenvalue weighted by molar-refractivity contribution is 6.39. The van der Waals surface area contributed by atoms with E-state index >= 15 is 0 Å². The number of para-hydroxylation sites is 1. The van der Waals surface area contributed by atoms with Gasteiger partial charge in [0.15, 0.2) is 11.5 Å². The summed E-state index contributed by atoms with van der Waals surface area (Å²) in [6.45, 7) is 5.79. The number of hydrogen-bond acceptors (Lipinski definition) is 5. The first-order chi connectivity index (χ1) is 12.8. The maximum Gasteiger partial charge on any atom is 0.329 e. The van der Waals surface area contributed by atoms with E-state index in [1.54, 1.807) is 6.92 Å². The van der Waals surface area contributed by atoms with Crippen molar-refractivity contribution in [3.05, 3.63) is 52.0 Å². The van der Waals surface area contributed by atoms with Crippen LogP contribution in [0.25, 0.3) is 0 Å². The van der Waals surface area contributed by atoms with E-state index in [9.17, 15) is 14.7 Å². The molecule has 2 aromatic rings. The number of hydrogen-bond donors (Lipinski definition) is 3. The maximum atomic E-state index is 12.0. The van der Waals surface area contributed by atoms with Gasteiger partial charge in [0, 0.05) is 5.69 Å². The van der Waals surface area contributed by atoms with Crippen LogP contribution in [0, 0.1) is 13.8 Å². The predicted molar refractivity (Wildman–Crippen MR) is 105 cm³/mol. The number of anilines is 1. The lowest BCUT2D eigenvalue weighted by molar-refractivity contribution is -0.136. The second-order valence-electron chi connectivity index (χ2n) is 5.70. The Morgan fingerprint density at radius 3 is 2.52 bits per heavy atom.